The molecule has 1 aromatic heterocycles. The van der Waals surface area contributed by atoms with Gasteiger partial charge in [0.25, 0.3) is 0 Å². The first-order valence-electron chi connectivity index (χ1n) is 9.29. The first kappa shape index (κ1) is 17.9. The van der Waals surface area contributed by atoms with Gasteiger partial charge in [-0.2, -0.15) is 5.26 Å². The van der Waals surface area contributed by atoms with Crippen LogP contribution in [0.4, 0.5) is 5.69 Å². The molecule has 0 spiro atoms. The number of carbonyl (C=O) groups is 1. The minimum Gasteiger partial charge on any atom is -0.478 e. The van der Waals surface area contributed by atoms with Crippen molar-refractivity contribution in [2.45, 2.75) is 38.6 Å². The zero-order valence-electron chi connectivity index (χ0n) is 15.7. The molecule has 1 atom stereocenters. The molecule has 0 saturated heterocycles. The zero-order chi connectivity index (χ0) is 19.8. The van der Waals surface area contributed by atoms with Crippen molar-refractivity contribution in [3.63, 3.8) is 0 Å². The molecule has 0 aliphatic heterocycles. The highest BCUT2D eigenvalue weighted by atomic mass is 16.4. The number of benzene rings is 2. The summed E-state index contributed by atoms with van der Waals surface area (Å²) in [7, 11) is 0. The molecule has 0 unspecified atom stereocenters. The summed E-state index contributed by atoms with van der Waals surface area (Å²) in [6.45, 7) is 3.95. The van der Waals surface area contributed by atoms with Gasteiger partial charge < -0.3 is 10.4 Å². The van der Waals surface area contributed by atoms with E-state index in [1.54, 1.807) is 24.3 Å². The molecule has 28 heavy (non-hydrogen) atoms. The van der Waals surface area contributed by atoms with E-state index < -0.39 is 5.97 Å². The highest BCUT2D eigenvalue weighted by Crippen LogP contribution is 2.41. The lowest BCUT2D eigenvalue weighted by Gasteiger charge is -2.19. The second-order valence-electron chi connectivity index (χ2n) is 7.28. The van der Waals surface area contributed by atoms with Crippen LogP contribution in [-0.2, 0) is 0 Å². The minimum absolute atomic E-state index is 0.183. The van der Waals surface area contributed by atoms with Crippen LogP contribution in [0.1, 0.15) is 64.6 Å². The number of nitrogens with one attached hydrogen (secondary N) is 1. The van der Waals surface area contributed by atoms with Crippen LogP contribution >= 0.6 is 0 Å². The molecule has 1 saturated carbocycles. The van der Waals surface area contributed by atoms with E-state index in [-0.39, 0.29) is 11.6 Å². The fourth-order valence-corrected chi connectivity index (χ4v) is 3.51. The second kappa shape index (κ2) is 6.93. The number of para-hydroxylation sites is 1. The van der Waals surface area contributed by atoms with Gasteiger partial charge in [0.05, 0.1) is 28.3 Å². The van der Waals surface area contributed by atoms with Gasteiger partial charge in [-0.05, 0) is 50.5 Å². The molecule has 0 amide bonds. The Hall–Kier alpha value is -3.46. The second-order valence-corrected chi connectivity index (χ2v) is 7.28. The zero-order valence-corrected chi connectivity index (χ0v) is 15.7. The maximum atomic E-state index is 11.5. The average molecular weight is 372 g/mol. The molecule has 140 valence electrons. The Balaban J connectivity index is 1.81. The molecule has 1 fully saturated rings. The molecular formula is C22H20N4O2. The van der Waals surface area contributed by atoms with Gasteiger partial charge in [0.15, 0.2) is 5.69 Å². The largest absolute Gasteiger partial charge is 0.478 e. The van der Waals surface area contributed by atoms with Crippen molar-refractivity contribution >= 4 is 22.7 Å². The van der Waals surface area contributed by atoms with Crippen molar-refractivity contribution < 1.29 is 9.90 Å². The molecule has 6 nitrogen and oxygen atoms in total. The van der Waals surface area contributed by atoms with Gasteiger partial charge in [-0.1, -0.05) is 18.2 Å². The molecule has 2 aromatic carbocycles. The Labute approximate surface area is 162 Å². The highest BCUT2D eigenvalue weighted by Gasteiger charge is 2.29. The standard InChI is InChI=1S/C22H20N4O2/c1-12-9-16(13(2)24-17-6-4-3-5-15(17)22(27)28)21-18(10-12)25-19(11-23)20(26-21)14-7-8-14/h3-6,9-10,13-14,24H,7-8H2,1-2H3,(H,27,28)/t13-/m1/s1. The van der Waals surface area contributed by atoms with Crippen LogP contribution in [0.2, 0.25) is 0 Å². The fourth-order valence-electron chi connectivity index (χ4n) is 3.51. The lowest BCUT2D eigenvalue weighted by Crippen LogP contribution is -2.12. The molecule has 0 radical (unpaired) electrons. The predicted molar refractivity (Wildman–Crippen MR) is 106 cm³/mol. The van der Waals surface area contributed by atoms with Crippen LogP contribution in [0.3, 0.4) is 0 Å². The molecular weight excluding hydrogens is 352 g/mol. The predicted octanol–water partition coefficient (Wildman–Crippen LogP) is 4.56. The molecule has 3 aromatic rings. The molecule has 4 rings (SSSR count). The number of aromatic nitrogens is 2. The van der Waals surface area contributed by atoms with Crippen LogP contribution in [0, 0.1) is 18.3 Å². The van der Waals surface area contributed by atoms with E-state index in [0.717, 1.165) is 35.2 Å². The van der Waals surface area contributed by atoms with Crippen molar-refractivity contribution in [1.82, 2.24) is 9.97 Å². The van der Waals surface area contributed by atoms with Crippen molar-refractivity contribution in [3.8, 4) is 6.07 Å². The number of carboxylic acids is 1. The van der Waals surface area contributed by atoms with Gasteiger partial charge in [0, 0.05) is 17.2 Å². The molecule has 2 N–H and O–H groups in total. The number of hydrogen-bond donors (Lipinski definition) is 2. The van der Waals surface area contributed by atoms with Crippen LogP contribution in [-0.4, -0.2) is 21.0 Å². The van der Waals surface area contributed by atoms with E-state index in [2.05, 4.69) is 16.4 Å². The molecule has 0 bridgehead atoms. The Kier molecular flexibility index (Phi) is 4.44. The topological polar surface area (TPSA) is 98.9 Å². The van der Waals surface area contributed by atoms with Gasteiger partial charge in [-0.25, -0.2) is 14.8 Å². The third-order valence-electron chi connectivity index (χ3n) is 5.04. The third-order valence-corrected chi connectivity index (χ3v) is 5.04. The van der Waals surface area contributed by atoms with Gasteiger partial charge >= 0.3 is 5.97 Å². The highest BCUT2D eigenvalue weighted by molar-refractivity contribution is 5.94. The third kappa shape index (κ3) is 3.27. The Morgan fingerprint density at radius 2 is 2.04 bits per heavy atom. The van der Waals surface area contributed by atoms with E-state index in [9.17, 15) is 15.2 Å². The van der Waals surface area contributed by atoms with Gasteiger partial charge in [0.1, 0.15) is 6.07 Å². The number of aryl methyl sites for hydroxylation is 1. The number of nitriles is 1. The maximum absolute atomic E-state index is 11.5. The molecule has 1 aliphatic rings. The van der Waals surface area contributed by atoms with Crippen LogP contribution in [0.25, 0.3) is 11.0 Å². The van der Waals surface area contributed by atoms with E-state index >= 15 is 0 Å². The van der Waals surface area contributed by atoms with E-state index in [1.165, 1.54) is 0 Å². The number of fused-ring (bicyclic) bond motifs is 1. The maximum Gasteiger partial charge on any atom is 0.337 e. The van der Waals surface area contributed by atoms with Gasteiger partial charge in [0.2, 0.25) is 0 Å². The van der Waals surface area contributed by atoms with Crippen LogP contribution in [0.5, 0.6) is 0 Å². The summed E-state index contributed by atoms with van der Waals surface area (Å²) >= 11 is 0. The van der Waals surface area contributed by atoms with Crippen molar-refractivity contribution in [1.29, 1.82) is 5.26 Å². The van der Waals surface area contributed by atoms with Crippen molar-refractivity contribution in [3.05, 3.63) is 64.5 Å². The summed E-state index contributed by atoms with van der Waals surface area (Å²) in [6, 6.07) is 12.8. The summed E-state index contributed by atoms with van der Waals surface area (Å²) in [4.78, 5) is 20.9. The number of carboxylic acid groups (broad SMARTS) is 1. The SMILES string of the molecule is Cc1cc([C@@H](C)Nc2ccccc2C(=O)O)c2nc(C3CC3)c(C#N)nc2c1. The van der Waals surface area contributed by atoms with Crippen molar-refractivity contribution in [2.24, 2.45) is 0 Å². The van der Waals surface area contributed by atoms with E-state index in [4.69, 9.17) is 4.98 Å². The Morgan fingerprint density at radius 1 is 1.29 bits per heavy atom. The number of anilines is 1. The van der Waals surface area contributed by atoms with Gasteiger partial charge in [-0.15, -0.1) is 0 Å². The normalized spacial score (nSPS) is 14.5. The van der Waals surface area contributed by atoms with E-state index in [1.807, 2.05) is 26.0 Å². The van der Waals surface area contributed by atoms with Crippen LogP contribution in [0.15, 0.2) is 36.4 Å². The first-order valence-corrected chi connectivity index (χ1v) is 9.29. The molecule has 1 heterocycles. The number of rotatable bonds is 5. The Morgan fingerprint density at radius 3 is 2.71 bits per heavy atom. The fraction of sp³-hybridized carbons (Fsp3) is 0.273. The summed E-state index contributed by atoms with van der Waals surface area (Å²) in [5.41, 5.74) is 5.37. The summed E-state index contributed by atoms with van der Waals surface area (Å²) in [6.07, 6.45) is 2.08. The number of nitrogens with zero attached hydrogens (tertiary/aromatic N) is 3. The number of aromatic carboxylic acids is 1. The molecule has 6 heteroatoms. The summed E-state index contributed by atoms with van der Waals surface area (Å²) in [5, 5.41) is 22.2. The quantitative estimate of drug-likeness (QED) is 0.681. The molecule has 1 aliphatic carbocycles. The van der Waals surface area contributed by atoms with Gasteiger partial charge in [-0.3, -0.25) is 0 Å². The Bertz CT molecular complexity index is 1130. The first-order chi connectivity index (χ1) is 13.5. The van der Waals surface area contributed by atoms with E-state index in [0.29, 0.717) is 22.8 Å². The minimum atomic E-state index is -0.973. The van der Waals surface area contributed by atoms with Crippen molar-refractivity contribution in [2.75, 3.05) is 5.32 Å². The smallest absolute Gasteiger partial charge is 0.337 e. The average Bonchev–Trinajstić information content (AvgIpc) is 3.51. The summed E-state index contributed by atoms with van der Waals surface area (Å²) in [5.74, 6) is -0.657. The number of hydrogen-bond acceptors (Lipinski definition) is 5. The lowest BCUT2D eigenvalue weighted by molar-refractivity contribution is 0.0698. The lowest BCUT2D eigenvalue weighted by atomic mass is 10.0. The summed E-state index contributed by atoms with van der Waals surface area (Å²) < 4.78 is 0. The van der Waals surface area contributed by atoms with Crippen LogP contribution < -0.4 is 5.32 Å². The monoisotopic (exact) mass is 372 g/mol.